The van der Waals surface area contributed by atoms with Crippen LogP contribution in [0, 0.1) is 0 Å². The minimum atomic E-state index is 0.444. The number of nitrogens with zero attached hydrogens (tertiary/aromatic N) is 1. The van der Waals surface area contributed by atoms with E-state index in [1.54, 1.807) is 0 Å². The standard InChI is InChI=1S/C11H18N2/c1-9(8-12)10-5-4-6-11(7-10)13(2)3/h4-7,9H,8,12H2,1-3H3. The lowest BCUT2D eigenvalue weighted by Gasteiger charge is -2.15. The van der Waals surface area contributed by atoms with Crippen LogP contribution in [-0.4, -0.2) is 20.6 Å². The average Bonchev–Trinajstić information content (AvgIpc) is 2.17. The van der Waals surface area contributed by atoms with Crippen molar-refractivity contribution in [2.24, 2.45) is 5.73 Å². The maximum atomic E-state index is 5.62. The van der Waals surface area contributed by atoms with E-state index in [1.807, 2.05) is 14.1 Å². The molecule has 0 spiro atoms. The Morgan fingerprint density at radius 3 is 2.62 bits per heavy atom. The molecule has 0 saturated heterocycles. The molecular formula is C11H18N2. The predicted molar refractivity (Wildman–Crippen MR) is 58.2 cm³/mol. The van der Waals surface area contributed by atoms with E-state index in [-0.39, 0.29) is 0 Å². The lowest BCUT2D eigenvalue weighted by atomic mass is 10.0. The summed E-state index contributed by atoms with van der Waals surface area (Å²) in [6, 6.07) is 8.51. The maximum Gasteiger partial charge on any atom is 0.0363 e. The van der Waals surface area contributed by atoms with Crippen LogP contribution >= 0.6 is 0 Å². The fraction of sp³-hybridized carbons (Fsp3) is 0.455. The fourth-order valence-electron chi connectivity index (χ4n) is 1.25. The summed E-state index contributed by atoms with van der Waals surface area (Å²) in [6.07, 6.45) is 0. The second-order valence-electron chi connectivity index (χ2n) is 3.63. The van der Waals surface area contributed by atoms with Gasteiger partial charge in [-0.1, -0.05) is 19.1 Å². The Balaban J connectivity index is 2.91. The largest absolute Gasteiger partial charge is 0.378 e. The van der Waals surface area contributed by atoms with Crippen molar-refractivity contribution >= 4 is 5.69 Å². The Hall–Kier alpha value is -1.02. The zero-order valence-electron chi connectivity index (χ0n) is 8.62. The normalized spacial score (nSPS) is 12.6. The monoisotopic (exact) mass is 178 g/mol. The number of anilines is 1. The smallest absolute Gasteiger partial charge is 0.0363 e. The highest BCUT2D eigenvalue weighted by molar-refractivity contribution is 5.47. The Morgan fingerprint density at radius 2 is 2.08 bits per heavy atom. The van der Waals surface area contributed by atoms with Crippen molar-refractivity contribution in [1.29, 1.82) is 0 Å². The second-order valence-corrected chi connectivity index (χ2v) is 3.63. The van der Waals surface area contributed by atoms with Gasteiger partial charge in [0.15, 0.2) is 0 Å². The molecule has 1 rings (SSSR count). The van der Waals surface area contributed by atoms with Crippen LogP contribution in [0.2, 0.25) is 0 Å². The first-order valence-corrected chi connectivity index (χ1v) is 4.62. The Bertz CT molecular complexity index is 269. The average molecular weight is 178 g/mol. The van der Waals surface area contributed by atoms with Crippen LogP contribution in [0.5, 0.6) is 0 Å². The van der Waals surface area contributed by atoms with Crippen molar-refractivity contribution in [1.82, 2.24) is 0 Å². The Morgan fingerprint density at radius 1 is 1.38 bits per heavy atom. The van der Waals surface area contributed by atoms with Crippen LogP contribution in [-0.2, 0) is 0 Å². The molecule has 0 amide bonds. The van der Waals surface area contributed by atoms with Gasteiger partial charge in [0.05, 0.1) is 0 Å². The highest BCUT2D eigenvalue weighted by atomic mass is 15.1. The lowest BCUT2D eigenvalue weighted by Crippen LogP contribution is -2.11. The summed E-state index contributed by atoms with van der Waals surface area (Å²) in [6.45, 7) is 2.85. The molecule has 1 aromatic rings. The zero-order valence-corrected chi connectivity index (χ0v) is 8.62. The Kier molecular flexibility index (Phi) is 3.32. The first-order valence-electron chi connectivity index (χ1n) is 4.62. The third-order valence-electron chi connectivity index (χ3n) is 2.31. The van der Waals surface area contributed by atoms with Crippen molar-refractivity contribution in [2.75, 3.05) is 25.5 Å². The van der Waals surface area contributed by atoms with Crippen LogP contribution in [0.1, 0.15) is 18.4 Å². The van der Waals surface area contributed by atoms with Crippen molar-refractivity contribution in [3.05, 3.63) is 29.8 Å². The minimum absolute atomic E-state index is 0.444. The van der Waals surface area contributed by atoms with Crippen molar-refractivity contribution in [3.8, 4) is 0 Å². The predicted octanol–water partition coefficient (Wildman–Crippen LogP) is 1.81. The molecule has 1 unspecified atom stereocenters. The number of hydrogen-bond acceptors (Lipinski definition) is 2. The van der Waals surface area contributed by atoms with Crippen LogP contribution < -0.4 is 10.6 Å². The molecule has 0 radical (unpaired) electrons. The van der Waals surface area contributed by atoms with Crippen molar-refractivity contribution in [2.45, 2.75) is 12.8 Å². The van der Waals surface area contributed by atoms with Gasteiger partial charge in [-0.05, 0) is 30.2 Å². The summed E-state index contributed by atoms with van der Waals surface area (Å²) in [5.41, 5.74) is 8.16. The SMILES string of the molecule is CC(CN)c1cccc(N(C)C)c1. The quantitative estimate of drug-likeness (QED) is 0.765. The lowest BCUT2D eigenvalue weighted by molar-refractivity contribution is 0.774. The fourth-order valence-corrected chi connectivity index (χ4v) is 1.25. The van der Waals surface area contributed by atoms with Gasteiger partial charge in [0.2, 0.25) is 0 Å². The van der Waals surface area contributed by atoms with Crippen LogP contribution in [0.25, 0.3) is 0 Å². The molecule has 0 aliphatic rings. The molecule has 2 nitrogen and oxygen atoms in total. The third-order valence-corrected chi connectivity index (χ3v) is 2.31. The van der Waals surface area contributed by atoms with Crippen molar-refractivity contribution < 1.29 is 0 Å². The molecular weight excluding hydrogens is 160 g/mol. The number of nitrogens with two attached hydrogens (primary N) is 1. The van der Waals surface area contributed by atoms with E-state index < -0.39 is 0 Å². The molecule has 0 fully saturated rings. The van der Waals surface area contributed by atoms with Gasteiger partial charge in [0, 0.05) is 19.8 Å². The summed E-state index contributed by atoms with van der Waals surface area (Å²) < 4.78 is 0. The molecule has 2 heteroatoms. The first kappa shape index (κ1) is 10.1. The highest BCUT2D eigenvalue weighted by Crippen LogP contribution is 2.19. The van der Waals surface area contributed by atoms with Gasteiger partial charge < -0.3 is 10.6 Å². The van der Waals surface area contributed by atoms with Crippen LogP contribution in [0.4, 0.5) is 5.69 Å². The van der Waals surface area contributed by atoms with Gasteiger partial charge in [-0.15, -0.1) is 0 Å². The molecule has 13 heavy (non-hydrogen) atoms. The molecule has 0 aromatic heterocycles. The second kappa shape index (κ2) is 4.28. The minimum Gasteiger partial charge on any atom is -0.378 e. The van der Waals surface area contributed by atoms with Gasteiger partial charge in [0.1, 0.15) is 0 Å². The number of hydrogen-bond donors (Lipinski definition) is 1. The molecule has 0 heterocycles. The van der Waals surface area contributed by atoms with E-state index in [0.717, 1.165) is 0 Å². The van der Waals surface area contributed by atoms with Gasteiger partial charge in [-0.3, -0.25) is 0 Å². The molecule has 0 saturated carbocycles. The summed E-state index contributed by atoms with van der Waals surface area (Å²) in [5, 5.41) is 0. The van der Waals surface area contributed by atoms with Gasteiger partial charge in [-0.2, -0.15) is 0 Å². The number of benzene rings is 1. The van der Waals surface area contributed by atoms with E-state index in [0.29, 0.717) is 12.5 Å². The van der Waals surface area contributed by atoms with Gasteiger partial charge in [-0.25, -0.2) is 0 Å². The van der Waals surface area contributed by atoms with E-state index in [9.17, 15) is 0 Å². The third kappa shape index (κ3) is 2.46. The van der Waals surface area contributed by atoms with E-state index in [4.69, 9.17) is 5.73 Å². The van der Waals surface area contributed by atoms with Gasteiger partial charge >= 0.3 is 0 Å². The highest BCUT2D eigenvalue weighted by Gasteiger charge is 2.03. The number of rotatable bonds is 3. The summed E-state index contributed by atoms with van der Waals surface area (Å²) in [5.74, 6) is 0.444. The summed E-state index contributed by atoms with van der Waals surface area (Å²) >= 11 is 0. The van der Waals surface area contributed by atoms with E-state index in [1.165, 1.54) is 11.3 Å². The molecule has 0 aliphatic carbocycles. The molecule has 1 atom stereocenters. The van der Waals surface area contributed by atoms with Crippen LogP contribution in [0.15, 0.2) is 24.3 Å². The Labute approximate surface area is 80.4 Å². The zero-order chi connectivity index (χ0) is 9.84. The molecule has 0 aliphatic heterocycles. The van der Waals surface area contributed by atoms with E-state index >= 15 is 0 Å². The summed E-state index contributed by atoms with van der Waals surface area (Å²) in [7, 11) is 4.10. The summed E-state index contributed by atoms with van der Waals surface area (Å²) in [4.78, 5) is 2.10. The molecule has 0 bridgehead atoms. The molecule has 1 aromatic carbocycles. The van der Waals surface area contributed by atoms with Crippen LogP contribution in [0.3, 0.4) is 0 Å². The molecule has 72 valence electrons. The van der Waals surface area contributed by atoms with E-state index in [2.05, 4.69) is 36.1 Å². The first-order chi connectivity index (χ1) is 6.15. The van der Waals surface area contributed by atoms with Crippen molar-refractivity contribution in [3.63, 3.8) is 0 Å². The van der Waals surface area contributed by atoms with Gasteiger partial charge in [0.25, 0.3) is 0 Å². The molecule has 2 N–H and O–H groups in total. The maximum absolute atomic E-state index is 5.62. The topological polar surface area (TPSA) is 29.3 Å².